The van der Waals surface area contributed by atoms with E-state index in [9.17, 15) is 0 Å². The standard InChI is InChI=1S/C24H25.2ClH.Sn/c1-15-10-17(3)23(18(4)11-15)21-8-7-9-22(14-21)24-19(5)12-16(2)13-20(24)6;;;/h7-13H,1-6H3;2*1H;/q;;;+2/p-2. The van der Waals surface area contributed by atoms with E-state index in [1.807, 2.05) is 0 Å². The van der Waals surface area contributed by atoms with Crippen molar-refractivity contribution >= 4 is 38.9 Å². The van der Waals surface area contributed by atoms with Crippen LogP contribution in [0.2, 0.25) is 0 Å². The van der Waals surface area contributed by atoms with Crippen molar-refractivity contribution in [2.45, 2.75) is 41.5 Å². The Morgan fingerprint density at radius 1 is 0.593 bits per heavy atom. The van der Waals surface area contributed by atoms with Gasteiger partial charge in [0.25, 0.3) is 0 Å². The summed E-state index contributed by atoms with van der Waals surface area (Å²) in [5, 5.41) is 0. The molecule has 3 heteroatoms. The summed E-state index contributed by atoms with van der Waals surface area (Å²) in [5.74, 6) is 0. The van der Waals surface area contributed by atoms with Crippen LogP contribution in [0.25, 0.3) is 22.3 Å². The maximum atomic E-state index is 6.75. The van der Waals surface area contributed by atoms with E-state index in [1.165, 1.54) is 59.2 Å². The van der Waals surface area contributed by atoms with Gasteiger partial charge in [0.15, 0.2) is 0 Å². The molecule has 3 rings (SSSR count). The number of hydrogen-bond acceptors (Lipinski definition) is 0. The molecule has 0 saturated carbocycles. The Hall–Kier alpha value is -0.961. The van der Waals surface area contributed by atoms with Crippen LogP contribution in [0.4, 0.5) is 0 Å². The average molecular weight is 503 g/mol. The molecule has 0 amide bonds. The van der Waals surface area contributed by atoms with Crippen molar-refractivity contribution in [1.82, 2.24) is 0 Å². The Kier molecular flexibility index (Phi) is 6.30. The molecule has 0 unspecified atom stereocenters. The van der Waals surface area contributed by atoms with Gasteiger partial charge in [-0.25, -0.2) is 0 Å². The molecule has 0 heterocycles. The number of rotatable bonds is 3. The van der Waals surface area contributed by atoms with Gasteiger partial charge in [-0.2, -0.15) is 0 Å². The van der Waals surface area contributed by atoms with Gasteiger partial charge in [-0.1, -0.05) is 0 Å². The summed E-state index contributed by atoms with van der Waals surface area (Å²) in [4.78, 5) is 0. The zero-order valence-corrected chi connectivity index (χ0v) is 21.2. The predicted octanol–water partition coefficient (Wildman–Crippen LogP) is 7.04. The monoisotopic (exact) mass is 503 g/mol. The van der Waals surface area contributed by atoms with E-state index < -0.39 is 17.5 Å². The van der Waals surface area contributed by atoms with Crippen molar-refractivity contribution in [2.75, 3.05) is 0 Å². The van der Waals surface area contributed by atoms with Gasteiger partial charge in [-0.15, -0.1) is 0 Å². The number of aryl methyl sites for hydroxylation is 6. The van der Waals surface area contributed by atoms with Crippen molar-refractivity contribution in [3.63, 3.8) is 0 Å². The second-order valence-electron chi connectivity index (χ2n) is 7.54. The van der Waals surface area contributed by atoms with Crippen molar-refractivity contribution < 1.29 is 0 Å². The van der Waals surface area contributed by atoms with Gasteiger partial charge in [0.2, 0.25) is 0 Å². The van der Waals surface area contributed by atoms with E-state index in [4.69, 9.17) is 17.8 Å². The third kappa shape index (κ3) is 4.08. The fourth-order valence-corrected chi connectivity index (χ4v) is 9.47. The van der Waals surface area contributed by atoms with Crippen molar-refractivity contribution in [2.24, 2.45) is 0 Å². The Bertz CT molecular complexity index is 897. The molecule has 0 nitrogen and oxygen atoms in total. The van der Waals surface area contributed by atoms with Crippen molar-refractivity contribution in [3.05, 3.63) is 75.8 Å². The van der Waals surface area contributed by atoms with Crippen LogP contribution in [0.5, 0.6) is 0 Å². The molecule has 27 heavy (non-hydrogen) atoms. The number of hydrogen-bond donors (Lipinski definition) is 0. The van der Waals surface area contributed by atoms with Crippen LogP contribution in [0.1, 0.15) is 33.4 Å². The first-order valence-electron chi connectivity index (χ1n) is 9.18. The van der Waals surface area contributed by atoms with E-state index in [-0.39, 0.29) is 0 Å². The van der Waals surface area contributed by atoms with Crippen LogP contribution in [0.3, 0.4) is 0 Å². The Morgan fingerprint density at radius 3 is 1.22 bits per heavy atom. The molecule has 0 fully saturated rings. The molecule has 0 aliphatic carbocycles. The average Bonchev–Trinajstić information content (AvgIpc) is 2.52. The molecule has 0 saturated heterocycles. The van der Waals surface area contributed by atoms with Gasteiger partial charge >= 0.3 is 179 Å². The summed E-state index contributed by atoms with van der Waals surface area (Å²) in [6, 6.07) is 15.5. The van der Waals surface area contributed by atoms with Gasteiger partial charge in [0.05, 0.1) is 0 Å². The van der Waals surface area contributed by atoms with Crippen LogP contribution < -0.4 is 3.58 Å². The third-order valence-corrected chi connectivity index (χ3v) is 10.3. The summed E-state index contributed by atoms with van der Waals surface area (Å²) in [5.41, 5.74) is 12.7. The second kappa shape index (κ2) is 8.19. The van der Waals surface area contributed by atoms with E-state index in [1.54, 1.807) is 0 Å². The maximum absolute atomic E-state index is 6.75. The molecule has 3 aromatic carbocycles. The molecule has 0 atom stereocenters. The van der Waals surface area contributed by atoms with Gasteiger partial charge in [0, 0.05) is 0 Å². The van der Waals surface area contributed by atoms with Crippen molar-refractivity contribution in [1.29, 1.82) is 0 Å². The normalized spacial score (nSPS) is 11.3. The Balaban J connectivity index is 2.37. The molecule has 0 bridgehead atoms. The molecule has 0 aliphatic rings. The van der Waals surface area contributed by atoms with E-state index in [0.717, 1.165) is 0 Å². The molecular formula is C24H25Cl2Sn. The zero-order chi connectivity index (χ0) is 19.9. The predicted molar refractivity (Wildman–Crippen MR) is 123 cm³/mol. The first-order valence-corrected chi connectivity index (χ1v) is 17.8. The molecule has 3 aromatic rings. The van der Waals surface area contributed by atoms with Crippen LogP contribution in [-0.2, 0) is 0 Å². The van der Waals surface area contributed by atoms with E-state index in [0.29, 0.717) is 0 Å². The second-order valence-corrected chi connectivity index (χ2v) is 16.8. The van der Waals surface area contributed by atoms with Gasteiger partial charge < -0.3 is 0 Å². The summed E-state index contributed by atoms with van der Waals surface area (Å²) >= 11 is -2.74. The minimum atomic E-state index is -2.74. The molecule has 1 radical (unpaired) electrons. The fraction of sp³-hybridized carbons (Fsp3) is 0.250. The van der Waals surface area contributed by atoms with Gasteiger partial charge in [-0.05, 0) is 0 Å². The van der Waals surface area contributed by atoms with Crippen LogP contribution >= 0.6 is 17.8 Å². The molecule has 0 spiro atoms. The van der Waals surface area contributed by atoms with Crippen LogP contribution in [-0.4, -0.2) is 17.5 Å². The van der Waals surface area contributed by atoms with E-state index >= 15 is 0 Å². The SMILES string of the molecule is Cc1cc(C)c(-c2cccc(-c3c(C)cc(C)cc3C)[c]2[Sn]([Cl])[Cl])c(C)c1. The van der Waals surface area contributed by atoms with Crippen molar-refractivity contribution in [3.8, 4) is 22.3 Å². The molecule has 0 aliphatic heterocycles. The molecular weight excluding hydrogens is 478 g/mol. The summed E-state index contributed by atoms with van der Waals surface area (Å²) in [6.07, 6.45) is 0. The molecule has 139 valence electrons. The first kappa shape index (κ1) is 20.8. The van der Waals surface area contributed by atoms with E-state index in [2.05, 4.69) is 84.0 Å². The summed E-state index contributed by atoms with van der Waals surface area (Å²) in [7, 11) is 13.5. The summed E-state index contributed by atoms with van der Waals surface area (Å²) in [6.45, 7) is 13.0. The first-order chi connectivity index (χ1) is 12.7. The number of halogens is 2. The zero-order valence-electron chi connectivity index (χ0n) is 16.8. The van der Waals surface area contributed by atoms with Gasteiger partial charge in [-0.3, -0.25) is 0 Å². The quantitative estimate of drug-likeness (QED) is 0.337. The number of benzene rings is 3. The third-order valence-electron chi connectivity index (χ3n) is 5.15. The molecule has 0 N–H and O–H groups in total. The van der Waals surface area contributed by atoms with Gasteiger partial charge in [0.1, 0.15) is 0 Å². The fourth-order valence-electron chi connectivity index (χ4n) is 4.38. The van der Waals surface area contributed by atoms with Crippen LogP contribution in [0, 0.1) is 41.5 Å². The minimum absolute atomic E-state index is 1.19. The summed E-state index contributed by atoms with van der Waals surface area (Å²) < 4.78 is 1.19. The van der Waals surface area contributed by atoms with Crippen LogP contribution in [0.15, 0.2) is 42.5 Å². The molecule has 0 aromatic heterocycles. The Morgan fingerprint density at radius 2 is 0.926 bits per heavy atom. The Labute approximate surface area is 177 Å². The topological polar surface area (TPSA) is 0 Å².